The Morgan fingerprint density at radius 3 is 2.58 bits per heavy atom. The average molecular weight is 331 g/mol. The van der Waals surface area contributed by atoms with Crippen LogP contribution in [-0.2, 0) is 9.53 Å². The number of rotatable bonds is 3. The van der Waals surface area contributed by atoms with E-state index in [-0.39, 0.29) is 11.7 Å². The van der Waals surface area contributed by atoms with Crippen LogP contribution in [0.1, 0.15) is 48.9 Å². The first-order valence-electron chi connectivity index (χ1n) is 8.24. The van der Waals surface area contributed by atoms with Crippen LogP contribution in [-0.4, -0.2) is 55.6 Å². The number of fused-ring (bicyclic) bond motifs is 1. The Morgan fingerprint density at radius 2 is 1.92 bits per heavy atom. The van der Waals surface area contributed by atoms with Crippen LogP contribution in [0.15, 0.2) is 12.3 Å². The molecule has 0 unspecified atom stereocenters. The average Bonchev–Trinajstić information content (AvgIpc) is 2.83. The lowest BCUT2D eigenvalue weighted by molar-refractivity contribution is -0.139. The van der Waals surface area contributed by atoms with Gasteiger partial charge in [0.25, 0.3) is 17.5 Å². The third kappa shape index (κ3) is 3.37. The number of nitrogens with zero attached hydrogens (tertiary/aromatic N) is 5. The Bertz CT molecular complexity index is 749. The van der Waals surface area contributed by atoms with E-state index in [2.05, 4.69) is 15.1 Å². The molecule has 0 spiro atoms. The smallest absolute Gasteiger partial charge is 0.379 e. The van der Waals surface area contributed by atoms with Gasteiger partial charge in [-0.25, -0.2) is 14.3 Å². The highest BCUT2D eigenvalue weighted by atomic mass is 16.5. The predicted molar refractivity (Wildman–Crippen MR) is 85.4 cm³/mol. The van der Waals surface area contributed by atoms with E-state index in [1.165, 1.54) is 4.52 Å². The van der Waals surface area contributed by atoms with Gasteiger partial charge in [0.05, 0.1) is 0 Å². The van der Waals surface area contributed by atoms with Crippen molar-refractivity contribution in [3.63, 3.8) is 0 Å². The second kappa shape index (κ2) is 6.94. The van der Waals surface area contributed by atoms with Crippen molar-refractivity contribution in [2.24, 2.45) is 0 Å². The topological polar surface area (TPSA) is 89.7 Å². The van der Waals surface area contributed by atoms with Gasteiger partial charge in [0, 0.05) is 25.0 Å². The summed E-state index contributed by atoms with van der Waals surface area (Å²) in [6.45, 7) is 4.86. The summed E-state index contributed by atoms with van der Waals surface area (Å²) in [5.74, 6) is -0.639. The van der Waals surface area contributed by atoms with Crippen LogP contribution < -0.4 is 0 Å². The molecule has 1 saturated heterocycles. The molecular formula is C16H21N5O3. The van der Waals surface area contributed by atoms with Crippen molar-refractivity contribution in [2.45, 2.75) is 45.6 Å². The molecular weight excluding hydrogens is 310 g/mol. The van der Waals surface area contributed by atoms with Crippen LogP contribution in [0, 0.1) is 6.92 Å². The lowest BCUT2D eigenvalue weighted by Crippen LogP contribution is -2.40. The molecule has 128 valence electrons. The molecule has 3 heterocycles. The molecule has 2 aromatic heterocycles. The molecule has 0 aliphatic carbocycles. The molecule has 1 amide bonds. The number of amides is 1. The van der Waals surface area contributed by atoms with E-state index in [0.717, 1.165) is 44.5 Å². The summed E-state index contributed by atoms with van der Waals surface area (Å²) in [6.07, 6.45) is 5.00. The molecule has 1 aliphatic rings. The zero-order valence-electron chi connectivity index (χ0n) is 13.9. The van der Waals surface area contributed by atoms with Crippen molar-refractivity contribution in [1.29, 1.82) is 0 Å². The molecule has 8 nitrogen and oxygen atoms in total. The minimum Gasteiger partial charge on any atom is -0.447 e. The summed E-state index contributed by atoms with van der Waals surface area (Å²) in [4.78, 5) is 34.5. The normalized spacial score (nSPS) is 16.7. The first kappa shape index (κ1) is 16.4. The highest BCUT2D eigenvalue weighted by Gasteiger charge is 2.26. The maximum atomic E-state index is 12.4. The van der Waals surface area contributed by atoms with Gasteiger partial charge in [0.15, 0.2) is 6.10 Å². The van der Waals surface area contributed by atoms with Crippen LogP contribution in [0.25, 0.3) is 5.78 Å². The number of likely N-dealkylation sites (tertiary alicyclic amines) is 1. The van der Waals surface area contributed by atoms with Gasteiger partial charge in [0.1, 0.15) is 0 Å². The monoisotopic (exact) mass is 331 g/mol. The van der Waals surface area contributed by atoms with Gasteiger partial charge < -0.3 is 9.64 Å². The molecule has 24 heavy (non-hydrogen) atoms. The van der Waals surface area contributed by atoms with Crippen LogP contribution in [0.3, 0.4) is 0 Å². The number of aryl methyl sites for hydroxylation is 1. The van der Waals surface area contributed by atoms with Crippen LogP contribution >= 0.6 is 0 Å². The van der Waals surface area contributed by atoms with Gasteiger partial charge in [-0.3, -0.25) is 4.79 Å². The second-order valence-electron chi connectivity index (χ2n) is 6.02. The summed E-state index contributed by atoms with van der Waals surface area (Å²) in [5.41, 5.74) is 0.806. The summed E-state index contributed by atoms with van der Waals surface area (Å²) < 4.78 is 6.74. The molecule has 0 radical (unpaired) electrons. The highest BCUT2D eigenvalue weighted by molar-refractivity contribution is 5.89. The van der Waals surface area contributed by atoms with Crippen molar-refractivity contribution in [1.82, 2.24) is 24.5 Å². The number of hydrogen-bond donors (Lipinski definition) is 0. The number of carbonyl (C=O) groups is 2. The summed E-state index contributed by atoms with van der Waals surface area (Å²) in [6, 6.07) is 1.77. The van der Waals surface area contributed by atoms with Crippen LogP contribution in [0.5, 0.6) is 0 Å². The van der Waals surface area contributed by atoms with Gasteiger partial charge in [-0.2, -0.15) is 4.98 Å². The van der Waals surface area contributed by atoms with Crippen molar-refractivity contribution in [3.8, 4) is 0 Å². The minimum atomic E-state index is -0.851. The van der Waals surface area contributed by atoms with Gasteiger partial charge in [-0.05, 0) is 32.8 Å². The van der Waals surface area contributed by atoms with E-state index < -0.39 is 12.1 Å². The van der Waals surface area contributed by atoms with E-state index >= 15 is 0 Å². The fourth-order valence-electron chi connectivity index (χ4n) is 2.80. The summed E-state index contributed by atoms with van der Waals surface area (Å²) in [7, 11) is 0. The first-order valence-corrected chi connectivity index (χ1v) is 8.24. The number of hydrogen-bond acceptors (Lipinski definition) is 6. The Labute approximate surface area is 139 Å². The second-order valence-corrected chi connectivity index (χ2v) is 6.02. The molecule has 8 heteroatoms. The lowest BCUT2D eigenvalue weighted by atomic mass is 10.2. The van der Waals surface area contributed by atoms with Crippen LogP contribution in [0.4, 0.5) is 0 Å². The van der Waals surface area contributed by atoms with Crippen molar-refractivity contribution in [2.75, 3.05) is 13.1 Å². The molecule has 0 bridgehead atoms. The zero-order valence-corrected chi connectivity index (χ0v) is 13.9. The Hall–Kier alpha value is -2.51. The Kier molecular flexibility index (Phi) is 4.73. The van der Waals surface area contributed by atoms with E-state index in [4.69, 9.17) is 4.74 Å². The molecule has 0 saturated carbocycles. The number of ether oxygens (including phenoxy) is 1. The third-order valence-electron chi connectivity index (χ3n) is 4.16. The van der Waals surface area contributed by atoms with Crippen molar-refractivity contribution < 1.29 is 14.3 Å². The highest BCUT2D eigenvalue weighted by Crippen LogP contribution is 2.12. The van der Waals surface area contributed by atoms with Gasteiger partial charge in [0.2, 0.25) is 0 Å². The maximum Gasteiger partial charge on any atom is 0.379 e. The van der Waals surface area contributed by atoms with E-state index in [0.29, 0.717) is 5.78 Å². The Morgan fingerprint density at radius 1 is 1.21 bits per heavy atom. The number of carbonyl (C=O) groups excluding carboxylic acids is 2. The van der Waals surface area contributed by atoms with Crippen molar-refractivity contribution in [3.05, 3.63) is 23.8 Å². The Balaban J connectivity index is 1.68. The van der Waals surface area contributed by atoms with Gasteiger partial charge >= 0.3 is 5.97 Å². The van der Waals surface area contributed by atoms with E-state index in [1.54, 1.807) is 24.1 Å². The molecule has 1 fully saturated rings. The maximum absolute atomic E-state index is 12.4. The van der Waals surface area contributed by atoms with E-state index in [9.17, 15) is 9.59 Å². The quantitative estimate of drug-likeness (QED) is 0.789. The van der Waals surface area contributed by atoms with Gasteiger partial charge in [-0.15, -0.1) is 5.10 Å². The molecule has 1 aliphatic heterocycles. The zero-order chi connectivity index (χ0) is 17.1. The fraction of sp³-hybridized carbons (Fsp3) is 0.562. The lowest BCUT2D eigenvalue weighted by Gasteiger charge is -2.23. The summed E-state index contributed by atoms with van der Waals surface area (Å²) >= 11 is 0. The van der Waals surface area contributed by atoms with Crippen molar-refractivity contribution >= 4 is 17.7 Å². The molecule has 2 aromatic rings. The number of esters is 1. The molecule has 0 N–H and O–H groups in total. The molecule has 3 rings (SSSR count). The number of aromatic nitrogens is 4. The standard InChI is InChI=1S/C16H21N5O3/c1-11-7-8-17-16-18-13(19-21(11)16)15(23)24-12(2)14(22)20-9-5-3-4-6-10-20/h7-8,12H,3-6,9-10H2,1-2H3/t12-/m0/s1. The predicted octanol–water partition coefficient (Wildman–Crippen LogP) is 1.38. The summed E-state index contributed by atoms with van der Waals surface area (Å²) in [5, 5.41) is 4.10. The molecule has 0 aromatic carbocycles. The van der Waals surface area contributed by atoms with Crippen LogP contribution in [0.2, 0.25) is 0 Å². The first-order chi connectivity index (χ1) is 11.6. The van der Waals surface area contributed by atoms with E-state index in [1.807, 2.05) is 6.92 Å². The largest absolute Gasteiger partial charge is 0.447 e. The fourth-order valence-corrected chi connectivity index (χ4v) is 2.80. The third-order valence-corrected chi connectivity index (χ3v) is 4.16. The molecule has 1 atom stereocenters. The van der Waals surface area contributed by atoms with Gasteiger partial charge in [-0.1, -0.05) is 12.8 Å². The minimum absolute atomic E-state index is 0.0904. The SMILES string of the molecule is Cc1ccnc2nc(C(=O)O[C@@H](C)C(=O)N3CCCCCC3)nn12.